The molecular weight excluding hydrogens is 296 g/mol. The number of aromatic amines is 1. The first-order valence-electron chi connectivity index (χ1n) is 5.81. The molecule has 104 valence electrons. The van der Waals surface area contributed by atoms with Crippen molar-refractivity contribution >= 4 is 37.2 Å². The minimum absolute atomic E-state index is 0.307. The van der Waals surface area contributed by atoms with E-state index < -0.39 is 9.84 Å². The van der Waals surface area contributed by atoms with Crippen molar-refractivity contribution in [1.29, 1.82) is 0 Å². The number of fused-ring (bicyclic) bond motifs is 1. The fraction of sp³-hybridized carbons (Fsp3) is 0.167. The summed E-state index contributed by atoms with van der Waals surface area (Å²) in [6.45, 7) is 0. The van der Waals surface area contributed by atoms with Gasteiger partial charge in [0.1, 0.15) is 10.8 Å². The summed E-state index contributed by atoms with van der Waals surface area (Å²) in [5.74, 6) is 0.785. The first-order chi connectivity index (χ1) is 9.49. The van der Waals surface area contributed by atoms with Crippen molar-refractivity contribution in [1.82, 2.24) is 15.2 Å². The molecule has 3 aromatic rings. The fourth-order valence-electron chi connectivity index (χ4n) is 1.89. The quantitative estimate of drug-likeness (QED) is 0.774. The van der Waals surface area contributed by atoms with E-state index in [2.05, 4.69) is 20.5 Å². The smallest absolute Gasteiger partial charge is 0.175 e. The summed E-state index contributed by atoms with van der Waals surface area (Å²) in [7, 11) is -1.41. The Bertz CT molecular complexity index is 880. The zero-order valence-electron chi connectivity index (χ0n) is 10.8. The number of rotatable bonds is 3. The van der Waals surface area contributed by atoms with E-state index in [1.165, 1.54) is 17.6 Å². The maximum Gasteiger partial charge on any atom is 0.175 e. The Kier molecular flexibility index (Phi) is 2.98. The molecule has 2 aromatic heterocycles. The third-order valence-corrected chi connectivity index (χ3v) is 5.07. The van der Waals surface area contributed by atoms with Crippen LogP contribution in [-0.4, -0.2) is 36.9 Å². The summed E-state index contributed by atoms with van der Waals surface area (Å²) in [6.07, 6.45) is 2.90. The number of nitrogens with zero attached hydrogens (tertiary/aromatic N) is 2. The van der Waals surface area contributed by atoms with E-state index in [0.717, 1.165) is 26.6 Å². The number of nitrogens with one attached hydrogen (secondary N) is 2. The van der Waals surface area contributed by atoms with Crippen LogP contribution in [0.25, 0.3) is 20.8 Å². The Morgan fingerprint density at radius 3 is 2.85 bits per heavy atom. The van der Waals surface area contributed by atoms with Crippen LogP contribution in [0.4, 0.5) is 5.82 Å². The van der Waals surface area contributed by atoms with E-state index in [1.807, 2.05) is 0 Å². The van der Waals surface area contributed by atoms with Gasteiger partial charge in [-0.3, -0.25) is 5.10 Å². The standard InChI is InChI=1S/C12H12N4O2S2/c1-13-11-8(6-14-16-11)12-15-9-4-3-7(20(2,17)18)5-10(9)19-12/h3-6H,1-2H3,(H2,13,14,16). The van der Waals surface area contributed by atoms with Gasteiger partial charge in [0.05, 0.1) is 26.9 Å². The summed E-state index contributed by atoms with van der Waals surface area (Å²) < 4.78 is 24.0. The maximum atomic E-state index is 11.6. The molecule has 0 aliphatic carbocycles. The van der Waals surface area contributed by atoms with Gasteiger partial charge in [-0.15, -0.1) is 11.3 Å². The number of aromatic nitrogens is 3. The molecule has 2 heterocycles. The zero-order valence-corrected chi connectivity index (χ0v) is 12.5. The van der Waals surface area contributed by atoms with Crippen LogP contribution < -0.4 is 5.32 Å². The lowest BCUT2D eigenvalue weighted by molar-refractivity contribution is 0.602. The second-order valence-electron chi connectivity index (χ2n) is 4.33. The Labute approximate surface area is 119 Å². The molecule has 0 radical (unpaired) electrons. The number of sulfone groups is 1. The van der Waals surface area contributed by atoms with Gasteiger partial charge in [-0.2, -0.15) is 5.10 Å². The van der Waals surface area contributed by atoms with Crippen molar-refractivity contribution in [2.24, 2.45) is 0 Å². The van der Waals surface area contributed by atoms with Crippen LogP contribution >= 0.6 is 11.3 Å². The first-order valence-corrected chi connectivity index (χ1v) is 8.52. The number of benzene rings is 1. The van der Waals surface area contributed by atoms with Gasteiger partial charge >= 0.3 is 0 Å². The highest BCUT2D eigenvalue weighted by Gasteiger charge is 2.14. The maximum absolute atomic E-state index is 11.6. The summed E-state index contributed by atoms with van der Waals surface area (Å²) in [5, 5.41) is 10.6. The molecule has 0 unspecified atom stereocenters. The Hall–Kier alpha value is -1.93. The van der Waals surface area contributed by atoms with E-state index >= 15 is 0 Å². The van der Waals surface area contributed by atoms with Gasteiger partial charge in [-0.05, 0) is 18.2 Å². The van der Waals surface area contributed by atoms with Crippen molar-refractivity contribution in [3.8, 4) is 10.6 Å². The molecule has 0 aliphatic rings. The van der Waals surface area contributed by atoms with Crippen molar-refractivity contribution in [3.63, 3.8) is 0 Å². The van der Waals surface area contributed by atoms with E-state index in [9.17, 15) is 8.42 Å². The van der Waals surface area contributed by atoms with Crippen LogP contribution in [-0.2, 0) is 9.84 Å². The van der Waals surface area contributed by atoms with Gasteiger partial charge in [0.25, 0.3) is 0 Å². The average molecular weight is 308 g/mol. The highest BCUT2D eigenvalue weighted by atomic mass is 32.2. The highest BCUT2D eigenvalue weighted by molar-refractivity contribution is 7.90. The second-order valence-corrected chi connectivity index (χ2v) is 7.38. The topological polar surface area (TPSA) is 87.7 Å². The molecule has 0 fully saturated rings. The molecule has 1 aromatic carbocycles. The molecule has 0 amide bonds. The largest absolute Gasteiger partial charge is 0.373 e. The average Bonchev–Trinajstić information content (AvgIpc) is 3.02. The van der Waals surface area contributed by atoms with E-state index in [4.69, 9.17) is 0 Å². The van der Waals surface area contributed by atoms with Gasteiger partial charge < -0.3 is 5.32 Å². The van der Waals surface area contributed by atoms with Crippen LogP contribution in [0.1, 0.15) is 0 Å². The molecule has 0 saturated carbocycles. The van der Waals surface area contributed by atoms with Gasteiger partial charge in [-0.1, -0.05) is 0 Å². The van der Waals surface area contributed by atoms with Crippen LogP contribution in [0, 0.1) is 0 Å². The molecular formula is C12H12N4O2S2. The fourth-order valence-corrected chi connectivity index (χ4v) is 3.63. The van der Waals surface area contributed by atoms with E-state index in [-0.39, 0.29) is 0 Å². The third-order valence-electron chi connectivity index (χ3n) is 2.91. The van der Waals surface area contributed by atoms with Crippen molar-refractivity contribution < 1.29 is 8.42 Å². The summed E-state index contributed by atoms with van der Waals surface area (Å²) in [6, 6.07) is 4.96. The van der Waals surface area contributed by atoms with Gasteiger partial charge in [0.15, 0.2) is 9.84 Å². The molecule has 0 atom stereocenters. The predicted octanol–water partition coefficient (Wildman–Crippen LogP) is 2.13. The Morgan fingerprint density at radius 2 is 2.15 bits per heavy atom. The minimum Gasteiger partial charge on any atom is -0.373 e. The van der Waals surface area contributed by atoms with Crippen LogP contribution in [0.3, 0.4) is 0 Å². The second kappa shape index (κ2) is 4.57. The Morgan fingerprint density at radius 1 is 1.35 bits per heavy atom. The van der Waals surface area contributed by atoms with Crippen LogP contribution in [0.2, 0.25) is 0 Å². The Balaban J connectivity index is 2.16. The zero-order chi connectivity index (χ0) is 14.3. The molecule has 0 spiro atoms. The van der Waals surface area contributed by atoms with Crippen molar-refractivity contribution in [2.75, 3.05) is 18.6 Å². The summed E-state index contributed by atoms with van der Waals surface area (Å²) >= 11 is 1.44. The van der Waals surface area contributed by atoms with Gasteiger partial charge in [-0.25, -0.2) is 13.4 Å². The predicted molar refractivity (Wildman–Crippen MR) is 79.9 cm³/mol. The summed E-state index contributed by atoms with van der Waals surface area (Å²) in [5.41, 5.74) is 1.65. The molecule has 0 bridgehead atoms. The molecule has 6 nitrogen and oxygen atoms in total. The number of thiazole rings is 1. The number of H-pyrrole nitrogens is 1. The van der Waals surface area contributed by atoms with E-state index in [1.54, 1.807) is 31.4 Å². The molecule has 8 heteroatoms. The van der Waals surface area contributed by atoms with Gasteiger partial charge in [0, 0.05) is 13.3 Å². The lowest BCUT2D eigenvalue weighted by Gasteiger charge is -1.96. The van der Waals surface area contributed by atoms with Crippen LogP contribution in [0.5, 0.6) is 0 Å². The first kappa shape index (κ1) is 13.1. The third kappa shape index (κ3) is 2.16. The molecule has 0 saturated heterocycles. The summed E-state index contributed by atoms with van der Waals surface area (Å²) in [4.78, 5) is 4.82. The number of hydrogen-bond acceptors (Lipinski definition) is 6. The molecule has 20 heavy (non-hydrogen) atoms. The monoisotopic (exact) mass is 308 g/mol. The molecule has 0 aliphatic heterocycles. The minimum atomic E-state index is -3.20. The lowest BCUT2D eigenvalue weighted by Crippen LogP contribution is -1.95. The highest BCUT2D eigenvalue weighted by Crippen LogP contribution is 2.34. The van der Waals surface area contributed by atoms with Crippen molar-refractivity contribution in [2.45, 2.75) is 4.90 Å². The SMILES string of the molecule is CNc1[nH]ncc1-c1nc2ccc(S(C)(=O)=O)cc2s1. The van der Waals surface area contributed by atoms with Crippen molar-refractivity contribution in [3.05, 3.63) is 24.4 Å². The number of anilines is 1. The van der Waals surface area contributed by atoms with Gasteiger partial charge in [0.2, 0.25) is 0 Å². The molecule has 2 N–H and O–H groups in total. The van der Waals surface area contributed by atoms with Crippen LogP contribution in [0.15, 0.2) is 29.3 Å². The lowest BCUT2D eigenvalue weighted by atomic mass is 10.3. The molecule has 3 rings (SSSR count). The number of hydrogen-bond donors (Lipinski definition) is 2. The van der Waals surface area contributed by atoms with E-state index in [0.29, 0.717) is 4.90 Å². The normalized spacial score (nSPS) is 11.9.